The summed E-state index contributed by atoms with van der Waals surface area (Å²) in [5.41, 5.74) is 1.81. The van der Waals surface area contributed by atoms with E-state index in [1.807, 2.05) is 14.0 Å². The van der Waals surface area contributed by atoms with Gasteiger partial charge in [-0.05, 0) is 18.8 Å². The van der Waals surface area contributed by atoms with Gasteiger partial charge < -0.3 is 0 Å². The van der Waals surface area contributed by atoms with Crippen LogP contribution in [0.4, 0.5) is 0 Å². The van der Waals surface area contributed by atoms with Crippen molar-refractivity contribution in [2.24, 2.45) is 12.5 Å². The van der Waals surface area contributed by atoms with Gasteiger partial charge >= 0.3 is 0 Å². The molecule has 0 spiro atoms. The molecule has 1 aromatic rings. The SMILES string of the molecule is Cc1nn(C)cc1C(=O)CCC(C)(C)C. The maximum atomic E-state index is 11.9. The zero-order valence-electron chi connectivity index (χ0n) is 10.3. The number of carbonyl (C=O) groups is 1. The molecule has 0 atom stereocenters. The van der Waals surface area contributed by atoms with E-state index in [2.05, 4.69) is 25.9 Å². The Labute approximate surface area is 91.5 Å². The Hall–Kier alpha value is -1.12. The van der Waals surface area contributed by atoms with E-state index >= 15 is 0 Å². The van der Waals surface area contributed by atoms with Crippen molar-refractivity contribution in [2.45, 2.75) is 40.5 Å². The number of carbonyl (C=O) groups excluding carboxylic acids is 1. The van der Waals surface area contributed by atoms with Gasteiger partial charge in [0.05, 0.1) is 11.3 Å². The summed E-state index contributed by atoms with van der Waals surface area (Å²) in [4.78, 5) is 11.9. The van der Waals surface area contributed by atoms with Gasteiger partial charge in [0.25, 0.3) is 0 Å². The first-order valence-corrected chi connectivity index (χ1v) is 5.33. The number of rotatable bonds is 3. The third kappa shape index (κ3) is 3.50. The van der Waals surface area contributed by atoms with E-state index in [0.717, 1.165) is 17.7 Å². The molecule has 1 aromatic heterocycles. The van der Waals surface area contributed by atoms with Crippen molar-refractivity contribution < 1.29 is 4.79 Å². The summed E-state index contributed by atoms with van der Waals surface area (Å²) >= 11 is 0. The fourth-order valence-electron chi connectivity index (χ4n) is 1.50. The average Bonchev–Trinajstić information content (AvgIpc) is 2.40. The minimum absolute atomic E-state index is 0.204. The Morgan fingerprint density at radius 1 is 1.47 bits per heavy atom. The van der Waals surface area contributed by atoms with Crippen molar-refractivity contribution in [3.05, 3.63) is 17.5 Å². The topological polar surface area (TPSA) is 34.9 Å². The van der Waals surface area contributed by atoms with Crippen LogP contribution in [0.2, 0.25) is 0 Å². The van der Waals surface area contributed by atoms with Gasteiger partial charge in [0.15, 0.2) is 5.78 Å². The maximum Gasteiger partial charge on any atom is 0.166 e. The van der Waals surface area contributed by atoms with Crippen LogP contribution in [-0.2, 0) is 7.05 Å². The summed E-state index contributed by atoms with van der Waals surface area (Å²) in [6.07, 6.45) is 3.33. The minimum Gasteiger partial charge on any atom is -0.294 e. The molecular weight excluding hydrogens is 188 g/mol. The Kier molecular flexibility index (Phi) is 3.32. The van der Waals surface area contributed by atoms with E-state index in [4.69, 9.17) is 0 Å². The Morgan fingerprint density at radius 2 is 2.07 bits per heavy atom. The van der Waals surface area contributed by atoms with Crippen LogP contribution in [0.25, 0.3) is 0 Å². The lowest BCUT2D eigenvalue weighted by Crippen LogP contribution is -2.09. The van der Waals surface area contributed by atoms with Gasteiger partial charge in [0.2, 0.25) is 0 Å². The van der Waals surface area contributed by atoms with Gasteiger partial charge in [-0.3, -0.25) is 9.48 Å². The molecule has 0 amide bonds. The zero-order valence-corrected chi connectivity index (χ0v) is 10.3. The van der Waals surface area contributed by atoms with Crippen molar-refractivity contribution in [2.75, 3.05) is 0 Å². The number of hydrogen-bond donors (Lipinski definition) is 0. The van der Waals surface area contributed by atoms with Crippen molar-refractivity contribution in [1.82, 2.24) is 9.78 Å². The minimum atomic E-state index is 0.204. The van der Waals surface area contributed by atoms with E-state index in [1.54, 1.807) is 10.9 Å². The standard InChI is InChI=1S/C12H20N2O/c1-9-10(8-14(5)13-9)11(15)6-7-12(2,3)4/h8H,6-7H2,1-5H3. The second kappa shape index (κ2) is 4.17. The Balaban J connectivity index is 2.66. The molecule has 1 heterocycles. The zero-order chi connectivity index (χ0) is 11.6. The van der Waals surface area contributed by atoms with Gasteiger partial charge in [-0.1, -0.05) is 20.8 Å². The molecule has 0 N–H and O–H groups in total. The third-order valence-corrected chi connectivity index (χ3v) is 2.42. The Bertz CT molecular complexity index is 358. The fraction of sp³-hybridized carbons (Fsp3) is 0.667. The predicted molar refractivity (Wildman–Crippen MR) is 61.0 cm³/mol. The van der Waals surface area contributed by atoms with Crippen LogP contribution in [0.15, 0.2) is 6.20 Å². The van der Waals surface area contributed by atoms with Gasteiger partial charge in [0.1, 0.15) is 0 Å². The second-order valence-electron chi connectivity index (χ2n) is 5.29. The molecule has 0 bridgehead atoms. The van der Waals surface area contributed by atoms with Crippen molar-refractivity contribution in [1.29, 1.82) is 0 Å². The highest BCUT2D eigenvalue weighted by molar-refractivity contribution is 5.96. The van der Waals surface area contributed by atoms with Crippen LogP contribution >= 0.6 is 0 Å². The van der Waals surface area contributed by atoms with Gasteiger partial charge in [-0.15, -0.1) is 0 Å². The van der Waals surface area contributed by atoms with Gasteiger partial charge in [-0.25, -0.2) is 0 Å². The second-order valence-corrected chi connectivity index (χ2v) is 5.29. The van der Waals surface area contributed by atoms with Crippen molar-refractivity contribution >= 4 is 5.78 Å². The summed E-state index contributed by atoms with van der Waals surface area (Å²) in [6, 6.07) is 0. The molecule has 3 heteroatoms. The molecule has 1 rings (SSSR count). The number of nitrogens with zero attached hydrogens (tertiary/aromatic N) is 2. The number of Topliss-reactive ketones (excluding diaryl/α,β-unsaturated/α-hetero) is 1. The molecule has 0 saturated carbocycles. The normalized spacial score (nSPS) is 11.8. The molecule has 0 fully saturated rings. The summed E-state index contributed by atoms with van der Waals surface area (Å²) in [7, 11) is 1.84. The van der Waals surface area contributed by atoms with E-state index in [9.17, 15) is 4.79 Å². The summed E-state index contributed by atoms with van der Waals surface area (Å²) in [5, 5.41) is 4.17. The van der Waals surface area contributed by atoms with Crippen LogP contribution in [0.1, 0.15) is 49.7 Å². The fourth-order valence-corrected chi connectivity index (χ4v) is 1.50. The van der Waals surface area contributed by atoms with Crippen molar-refractivity contribution in [3.63, 3.8) is 0 Å². The summed E-state index contributed by atoms with van der Waals surface area (Å²) in [5.74, 6) is 0.204. The quantitative estimate of drug-likeness (QED) is 0.716. The number of aromatic nitrogens is 2. The largest absolute Gasteiger partial charge is 0.294 e. The van der Waals surface area contributed by atoms with Crippen LogP contribution in [0.5, 0.6) is 0 Å². The highest BCUT2D eigenvalue weighted by Gasteiger charge is 2.16. The maximum absolute atomic E-state index is 11.9. The summed E-state index contributed by atoms with van der Waals surface area (Å²) in [6.45, 7) is 8.33. The molecule has 3 nitrogen and oxygen atoms in total. The first kappa shape index (κ1) is 12.0. The van der Waals surface area contributed by atoms with E-state index < -0.39 is 0 Å². The first-order chi connectivity index (χ1) is 6.79. The molecule has 0 unspecified atom stereocenters. The van der Waals surface area contributed by atoms with Gasteiger partial charge in [0, 0.05) is 19.7 Å². The highest BCUT2D eigenvalue weighted by atomic mass is 16.1. The third-order valence-electron chi connectivity index (χ3n) is 2.42. The molecule has 15 heavy (non-hydrogen) atoms. The number of aryl methyl sites for hydroxylation is 2. The van der Waals surface area contributed by atoms with Crippen LogP contribution in [-0.4, -0.2) is 15.6 Å². The molecule has 0 aliphatic rings. The molecule has 84 valence electrons. The molecular formula is C12H20N2O. The average molecular weight is 208 g/mol. The van der Waals surface area contributed by atoms with Crippen LogP contribution < -0.4 is 0 Å². The Morgan fingerprint density at radius 3 is 2.47 bits per heavy atom. The van der Waals surface area contributed by atoms with E-state index in [-0.39, 0.29) is 11.2 Å². The van der Waals surface area contributed by atoms with E-state index in [0.29, 0.717) is 6.42 Å². The molecule has 0 aromatic carbocycles. The predicted octanol–water partition coefficient (Wildman–Crippen LogP) is 2.74. The molecule has 0 aliphatic heterocycles. The number of hydrogen-bond acceptors (Lipinski definition) is 2. The lowest BCUT2D eigenvalue weighted by molar-refractivity contribution is 0.0965. The monoisotopic (exact) mass is 208 g/mol. The lowest BCUT2D eigenvalue weighted by atomic mass is 9.88. The first-order valence-electron chi connectivity index (χ1n) is 5.33. The van der Waals surface area contributed by atoms with Crippen molar-refractivity contribution in [3.8, 4) is 0 Å². The molecule has 0 radical (unpaired) electrons. The summed E-state index contributed by atoms with van der Waals surface area (Å²) < 4.78 is 1.69. The smallest absolute Gasteiger partial charge is 0.166 e. The molecule has 0 aliphatic carbocycles. The highest BCUT2D eigenvalue weighted by Crippen LogP contribution is 2.22. The van der Waals surface area contributed by atoms with Gasteiger partial charge in [-0.2, -0.15) is 5.10 Å². The molecule has 0 saturated heterocycles. The lowest BCUT2D eigenvalue weighted by Gasteiger charge is -2.16. The van der Waals surface area contributed by atoms with Crippen LogP contribution in [0.3, 0.4) is 0 Å². The van der Waals surface area contributed by atoms with Crippen LogP contribution in [0, 0.1) is 12.3 Å². The number of ketones is 1. The van der Waals surface area contributed by atoms with E-state index in [1.165, 1.54) is 0 Å².